The first-order valence-corrected chi connectivity index (χ1v) is 7.26. The molecule has 2 aromatic rings. The van der Waals surface area contributed by atoms with Gasteiger partial charge in [0.05, 0.1) is 5.75 Å². The van der Waals surface area contributed by atoms with Gasteiger partial charge >= 0.3 is 0 Å². The molecule has 1 heterocycles. The summed E-state index contributed by atoms with van der Waals surface area (Å²) in [6.45, 7) is 4.72. The number of benzene rings is 1. The lowest BCUT2D eigenvalue weighted by molar-refractivity contribution is 0.556. The molecule has 0 unspecified atom stereocenters. The summed E-state index contributed by atoms with van der Waals surface area (Å²) in [6, 6.07) is 8.14. The largest absolute Gasteiger partial charge is 0.460 e. The Kier molecular flexibility index (Phi) is 4.00. The van der Waals surface area contributed by atoms with Crippen LogP contribution in [0.2, 0.25) is 0 Å². The summed E-state index contributed by atoms with van der Waals surface area (Å²) in [5.74, 6) is 2.79. The van der Waals surface area contributed by atoms with Crippen molar-refractivity contribution in [3.8, 4) is 0 Å². The minimum Gasteiger partial charge on any atom is -0.460 e. The predicted octanol–water partition coefficient (Wildman–Crippen LogP) is 2.82. The second-order valence-corrected chi connectivity index (χ2v) is 6.10. The lowest BCUT2D eigenvalue weighted by Gasteiger charge is -2.19. The van der Waals surface area contributed by atoms with E-state index in [4.69, 9.17) is 15.9 Å². The maximum Gasteiger partial charge on any atom is 0.134 e. The van der Waals surface area contributed by atoms with E-state index in [1.165, 1.54) is 0 Å². The average Bonchev–Trinajstić information content (AvgIpc) is 2.70. The van der Waals surface area contributed by atoms with Crippen molar-refractivity contribution in [2.75, 3.05) is 12.3 Å². The maximum absolute atomic E-state index is 6.19. The minimum atomic E-state index is -0.356. The van der Waals surface area contributed by atoms with Crippen LogP contribution in [0.15, 0.2) is 28.7 Å². The van der Waals surface area contributed by atoms with Crippen molar-refractivity contribution in [2.24, 2.45) is 11.5 Å². The summed E-state index contributed by atoms with van der Waals surface area (Å²) < 4.78 is 5.83. The molecule has 1 aromatic heterocycles. The third-order valence-corrected chi connectivity index (χ3v) is 3.83. The Morgan fingerprint density at radius 1 is 1.33 bits per heavy atom. The molecule has 0 amide bonds. The Hall–Kier alpha value is -0.970. The van der Waals surface area contributed by atoms with E-state index in [0.717, 1.165) is 33.8 Å². The van der Waals surface area contributed by atoms with Gasteiger partial charge in [-0.1, -0.05) is 12.1 Å². The van der Waals surface area contributed by atoms with E-state index in [2.05, 4.69) is 12.1 Å². The summed E-state index contributed by atoms with van der Waals surface area (Å²) in [5.41, 5.74) is 13.4. The number of nitrogens with two attached hydrogens (primary N) is 2. The zero-order valence-corrected chi connectivity index (χ0v) is 11.7. The van der Waals surface area contributed by atoms with Gasteiger partial charge in [0.2, 0.25) is 0 Å². The molecule has 0 saturated carbocycles. The molecule has 0 aliphatic rings. The lowest BCUT2D eigenvalue weighted by atomic mass is 9.93. The first-order chi connectivity index (χ1) is 8.52. The van der Waals surface area contributed by atoms with Gasteiger partial charge in [-0.05, 0) is 31.5 Å². The van der Waals surface area contributed by atoms with Gasteiger partial charge in [-0.15, -0.1) is 0 Å². The molecule has 0 saturated heterocycles. The summed E-state index contributed by atoms with van der Waals surface area (Å²) in [7, 11) is 0. The SMILES string of the molecule is CC(C)(N)c1cccc2oc(CSCCN)cc12. The number of furan rings is 1. The molecule has 4 N–H and O–H groups in total. The fourth-order valence-electron chi connectivity index (χ4n) is 2.00. The van der Waals surface area contributed by atoms with Crippen LogP contribution in [0.3, 0.4) is 0 Å². The predicted molar refractivity (Wildman–Crippen MR) is 78.6 cm³/mol. The van der Waals surface area contributed by atoms with Crippen molar-refractivity contribution in [3.05, 3.63) is 35.6 Å². The molecule has 0 atom stereocenters. The van der Waals surface area contributed by atoms with E-state index in [1.54, 1.807) is 11.8 Å². The van der Waals surface area contributed by atoms with Gasteiger partial charge in [0.1, 0.15) is 11.3 Å². The van der Waals surface area contributed by atoms with Crippen LogP contribution in [-0.2, 0) is 11.3 Å². The Labute approximate surface area is 112 Å². The maximum atomic E-state index is 6.19. The molecule has 0 radical (unpaired) electrons. The first kappa shape index (κ1) is 13.5. The number of thioether (sulfide) groups is 1. The smallest absolute Gasteiger partial charge is 0.134 e. The van der Waals surface area contributed by atoms with E-state index < -0.39 is 0 Å². The Morgan fingerprint density at radius 2 is 2.11 bits per heavy atom. The molecule has 0 aliphatic heterocycles. The fraction of sp³-hybridized carbons (Fsp3) is 0.429. The standard InChI is InChI=1S/C14H20N2OS/c1-14(2,16)12-4-3-5-13-11(12)8-10(17-13)9-18-7-6-15/h3-5,8H,6-7,9,15-16H2,1-2H3. The quantitative estimate of drug-likeness (QED) is 0.815. The Morgan fingerprint density at radius 3 is 2.78 bits per heavy atom. The molecule has 0 fully saturated rings. The molecule has 2 rings (SSSR count). The number of rotatable bonds is 5. The Balaban J connectivity index is 2.33. The zero-order valence-electron chi connectivity index (χ0n) is 10.9. The van der Waals surface area contributed by atoms with Gasteiger partial charge in [-0.2, -0.15) is 11.8 Å². The van der Waals surface area contributed by atoms with Crippen molar-refractivity contribution in [1.82, 2.24) is 0 Å². The highest BCUT2D eigenvalue weighted by atomic mass is 32.2. The average molecular weight is 264 g/mol. The van der Waals surface area contributed by atoms with Crippen LogP contribution in [0.5, 0.6) is 0 Å². The third-order valence-electron chi connectivity index (χ3n) is 2.81. The number of hydrogen-bond acceptors (Lipinski definition) is 4. The van der Waals surface area contributed by atoms with Crippen LogP contribution in [0.25, 0.3) is 11.0 Å². The highest BCUT2D eigenvalue weighted by molar-refractivity contribution is 7.98. The molecule has 0 aliphatic carbocycles. The monoisotopic (exact) mass is 264 g/mol. The van der Waals surface area contributed by atoms with Gasteiger partial charge in [-0.25, -0.2) is 0 Å². The summed E-state index contributed by atoms with van der Waals surface area (Å²) in [5, 5.41) is 1.12. The van der Waals surface area contributed by atoms with Crippen molar-refractivity contribution in [1.29, 1.82) is 0 Å². The van der Waals surface area contributed by atoms with Crippen LogP contribution < -0.4 is 11.5 Å². The number of fused-ring (bicyclic) bond motifs is 1. The highest BCUT2D eigenvalue weighted by Gasteiger charge is 2.19. The van der Waals surface area contributed by atoms with Crippen molar-refractivity contribution in [3.63, 3.8) is 0 Å². The molecule has 18 heavy (non-hydrogen) atoms. The number of hydrogen-bond donors (Lipinski definition) is 2. The van der Waals surface area contributed by atoms with Gasteiger partial charge in [0.15, 0.2) is 0 Å². The van der Waals surface area contributed by atoms with Crippen LogP contribution in [-0.4, -0.2) is 12.3 Å². The van der Waals surface area contributed by atoms with Gasteiger partial charge in [0.25, 0.3) is 0 Å². The molecule has 98 valence electrons. The normalized spacial score (nSPS) is 12.2. The first-order valence-electron chi connectivity index (χ1n) is 6.11. The van der Waals surface area contributed by atoms with E-state index >= 15 is 0 Å². The Bertz CT molecular complexity index is 528. The molecule has 1 aromatic carbocycles. The van der Waals surface area contributed by atoms with Gasteiger partial charge < -0.3 is 15.9 Å². The van der Waals surface area contributed by atoms with Gasteiger partial charge in [-0.3, -0.25) is 0 Å². The second-order valence-electron chi connectivity index (χ2n) is 4.99. The minimum absolute atomic E-state index is 0.356. The third kappa shape index (κ3) is 2.88. The lowest BCUT2D eigenvalue weighted by Crippen LogP contribution is -2.28. The summed E-state index contributed by atoms with van der Waals surface area (Å²) in [6.07, 6.45) is 0. The van der Waals surface area contributed by atoms with Crippen LogP contribution in [0.4, 0.5) is 0 Å². The van der Waals surface area contributed by atoms with Crippen molar-refractivity contribution in [2.45, 2.75) is 25.1 Å². The summed E-state index contributed by atoms with van der Waals surface area (Å²) in [4.78, 5) is 0. The van der Waals surface area contributed by atoms with Gasteiger partial charge in [0, 0.05) is 23.2 Å². The fourth-order valence-corrected chi connectivity index (χ4v) is 2.66. The molecular formula is C14H20N2OS. The molecular weight excluding hydrogens is 244 g/mol. The van der Waals surface area contributed by atoms with E-state index in [0.29, 0.717) is 6.54 Å². The zero-order chi connectivity index (χ0) is 13.2. The van der Waals surface area contributed by atoms with Crippen LogP contribution in [0, 0.1) is 0 Å². The van der Waals surface area contributed by atoms with Crippen LogP contribution in [0.1, 0.15) is 25.2 Å². The molecule has 3 nitrogen and oxygen atoms in total. The van der Waals surface area contributed by atoms with E-state index in [9.17, 15) is 0 Å². The van der Waals surface area contributed by atoms with Crippen molar-refractivity contribution >= 4 is 22.7 Å². The topological polar surface area (TPSA) is 65.2 Å². The van der Waals surface area contributed by atoms with Crippen molar-refractivity contribution < 1.29 is 4.42 Å². The molecule has 4 heteroatoms. The summed E-state index contributed by atoms with van der Waals surface area (Å²) >= 11 is 1.78. The van der Waals surface area contributed by atoms with Crippen LogP contribution >= 0.6 is 11.8 Å². The highest BCUT2D eigenvalue weighted by Crippen LogP contribution is 2.30. The van der Waals surface area contributed by atoms with E-state index in [-0.39, 0.29) is 5.54 Å². The molecule has 0 spiro atoms. The second kappa shape index (κ2) is 5.34. The van der Waals surface area contributed by atoms with E-state index in [1.807, 2.05) is 26.0 Å². The molecule has 0 bridgehead atoms.